The standard InChI is InChI=1S/C20H24ClN3S/c1-22-20(14-25-15-23-19-7-3-2-6-18(19)21)16-8-10-17(11-9-16)24-12-4-5-13-24/h2-3,6-11,14,22-23H,4-5,12-13,15H2,1H3/b20-14-. The molecule has 0 aromatic heterocycles. The first kappa shape index (κ1) is 18.0. The predicted octanol–water partition coefficient (Wildman–Crippen LogP) is 5.26. The Labute approximate surface area is 159 Å². The molecule has 1 fully saturated rings. The Balaban J connectivity index is 1.57. The number of thioether (sulfide) groups is 1. The quantitative estimate of drug-likeness (QED) is 0.511. The number of hydrogen-bond acceptors (Lipinski definition) is 4. The molecular weight excluding hydrogens is 350 g/mol. The summed E-state index contributed by atoms with van der Waals surface area (Å²) in [5.74, 6) is 0.765. The number of hydrogen-bond donors (Lipinski definition) is 2. The highest BCUT2D eigenvalue weighted by Crippen LogP contribution is 2.24. The molecule has 1 aliphatic heterocycles. The minimum absolute atomic E-state index is 0.749. The summed E-state index contributed by atoms with van der Waals surface area (Å²) in [5, 5.41) is 9.53. The van der Waals surface area contributed by atoms with Gasteiger partial charge in [0.2, 0.25) is 0 Å². The van der Waals surface area contributed by atoms with Crippen molar-refractivity contribution in [2.75, 3.05) is 36.2 Å². The number of halogens is 1. The van der Waals surface area contributed by atoms with Crippen LogP contribution in [-0.2, 0) is 0 Å². The van der Waals surface area contributed by atoms with Crippen molar-refractivity contribution in [1.82, 2.24) is 5.32 Å². The smallest absolute Gasteiger partial charge is 0.0652 e. The van der Waals surface area contributed by atoms with Crippen LogP contribution < -0.4 is 15.5 Å². The van der Waals surface area contributed by atoms with Crippen LogP contribution in [0.4, 0.5) is 11.4 Å². The van der Waals surface area contributed by atoms with Crippen LogP contribution in [0.3, 0.4) is 0 Å². The molecule has 3 nitrogen and oxygen atoms in total. The van der Waals surface area contributed by atoms with E-state index in [1.807, 2.05) is 31.3 Å². The maximum absolute atomic E-state index is 6.15. The van der Waals surface area contributed by atoms with Crippen LogP contribution in [0.2, 0.25) is 5.02 Å². The highest BCUT2D eigenvalue weighted by Gasteiger charge is 2.12. The van der Waals surface area contributed by atoms with Gasteiger partial charge < -0.3 is 15.5 Å². The Bertz CT molecular complexity index is 709. The Kier molecular flexibility index (Phi) is 6.54. The molecule has 0 radical (unpaired) electrons. The molecule has 0 bridgehead atoms. The monoisotopic (exact) mass is 373 g/mol. The van der Waals surface area contributed by atoms with Gasteiger partial charge >= 0.3 is 0 Å². The molecule has 1 aliphatic rings. The zero-order valence-electron chi connectivity index (χ0n) is 14.5. The van der Waals surface area contributed by atoms with Gasteiger partial charge in [-0.05, 0) is 48.1 Å². The van der Waals surface area contributed by atoms with Gasteiger partial charge in [-0.2, -0.15) is 0 Å². The third kappa shape index (κ3) is 4.86. The Morgan fingerprint density at radius 3 is 2.52 bits per heavy atom. The van der Waals surface area contributed by atoms with E-state index in [0.717, 1.165) is 22.3 Å². The molecule has 3 rings (SSSR count). The van der Waals surface area contributed by atoms with E-state index < -0.39 is 0 Å². The molecule has 2 aromatic carbocycles. The third-order valence-electron chi connectivity index (χ3n) is 4.34. The molecule has 2 N–H and O–H groups in total. The number of nitrogens with zero attached hydrogens (tertiary/aromatic N) is 1. The lowest BCUT2D eigenvalue weighted by Crippen LogP contribution is -2.17. The van der Waals surface area contributed by atoms with Crippen LogP contribution in [0.1, 0.15) is 18.4 Å². The zero-order chi connectivity index (χ0) is 17.5. The van der Waals surface area contributed by atoms with Gasteiger partial charge in [0.15, 0.2) is 0 Å². The summed E-state index contributed by atoms with van der Waals surface area (Å²) < 4.78 is 0. The zero-order valence-corrected chi connectivity index (χ0v) is 16.0. The molecule has 0 atom stereocenters. The Hall–Kier alpha value is -1.78. The first-order chi connectivity index (χ1) is 12.3. The molecule has 5 heteroatoms. The van der Waals surface area contributed by atoms with Gasteiger partial charge in [0.05, 0.1) is 16.6 Å². The van der Waals surface area contributed by atoms with Gasteiger partial charge in [-0.1, -0.05) is 35.9 Å². The minimum Gasteiger partial charge on any atom is -0.387 e. The van der Waals surface area contributed by atoms with Crippen molar-refractivity contribution in [1.29, 1.82) is 0 Å². The van der Waals surface area contributed by atoms with E-state index in [9.17, 15) is 0 Å². The van der Waals surface area contributed by atoms with Crippen molar-refractivity contribution in [3.8, 4) is 0 Å². The lowest BCUT2D eigenvalue weighted by atomic mass is 10.1. The fraction of sp³-hybridized carbons (Fsp3) is 0.300. The lowest BCUT2D eigenvalue weighted by Gasteiger charge is -2.18. The molecule has 25 heavy (non-hydrogen) atoms. The average molecular weight is 374 g/mol. The van der Waals surface area contributed by atoms with E-state index in [1.165, 1.54) is 37.2 Å². The fourth-order valence-corrected chi connectivity index (χ4v) is 3.89. The van der Waals surface area contributed by atoms with Gasteiger partial charge in [0, 0.05) is 31.5 Å². The van der Waals surface area contributed by atoms with E-state index in [0.29, 0.717) is 0 Å². The van der Waals surface area contributed by atoms with Gasteiger partial charge in [-0.25, -0.2) is 0 Å². The fourth-order valence-electron chi connectivity index (χ4n) is 2.95. The van der Waals surface area contributed by atoms with Gasteiger partial charge in [0.25, 0.3) is 0 Å². The molecule has 0 saturated carbocycles. The molecular formula is C20H24ClN3S. The first-order valence-corrected chi connectivity index (χ1v) is 10.0. The van der Waals surface area contributed by atoms with Crippen LogP contribution in [0.5, 0.6) is 0 Å². The van der Waals surface area contributed by atoms with Crippen LogP contribution in [0.25, 0.3) is 5.70 Å². The van der Waals surface area contributed by atoms with E-state index in [-0.39, 0.29) is 0 Å². The van der Waals surface area contributed by atoms with E-state index >= 15 is 0 Å². The highest BCUT2D eigenvalue weighted by molar-refractivity contribution is 8.02. The van der Waals surface area contributed by atoms with Crippen LogP contribution in [0, 0.1) is 0 Å². The Morgan fingerprint density at radius 1 is 1.12 bits per heavy atom. The SMILES string of the molecule is CN/C(=C\SCNc1ccccc1Cl)c1ccc(N2CCCC2)cc1. The van der Waals surface area contributed by atoms with Crippen molar-refractivity contribution < 1.29 is 0 Å². The van der Waals surface area contributed by atoms with Crippen LogP contribution in [-0.4, -0.2) is 26.0 Å². The van der Waals surface area contributed by atoms with Gasteiger partial charge in [-0.3, -0.25) is 0 Å². The van der Waals surface area contributed by atoms with Crippen molar-refractivity contribution in [3.63, 3.8) is 0 Å². The molecule has 0 amide bonds. The van der Waals surface area contributed by atoms with Crippen molar-refractivity contribution >= 4 is 40.4 Å². The maximum Gasteiger partial charge on any atom is 0.0652 e. The largest absolute Gasteiger partial charge is 0.387 e. The van der Waals surface area contributed by atoms with Crippen LogP contribution in [0.15, 0.2) is 53.9 Å². The number of para-hydroxylation sites is 1. The first-order valence-electron chi connectivity index (χ1n) is 8.61. The summed E-state index contributed by atoms with van der Waals surface area (Å²) >= 11 is 7.86. The van der Waals surface area contributed by atoms with E-state index in [4.69, 9.17) is 11.6 Å². The second kappa shape index (κ2) is 9.07. The molecule has 132 valence electrons. The second-order valence-corrected chi connectivity index (χ2v) is 7.26. The normalized spacial score (nSPS) is 14.6. The topological polar surface area (TPSA) is 27.3 Å². The summed E-state index contributed by atoms with van der Waals surface area (Å²) in [7, 11) is 1.96. The third-order valence-corrected chi connectivity index (χ3v) is 5.38. The summed E-state index contributed by atoms with van der Waals surface area (Å²) in [6, 6.07) is 16.6. The second-order valence-electron chi connectivity index (χ2n) is 5.99. The molecule has 0 aliphatic carbocycles. The minimum atomic E-state index is 0.749. The van der Waals surface area contributed by atoms with Crippen molar-refractivity contribution in [2.45, 2.75) is 12.8 Å². The van der Waals surface area contributed by atoms with Gasteiger partial charge in [0.1, 0.15) is 0 Å². The highest BCUT2D eigenvalue weighted by atomic mass is 35.5. The van der Waals surface area contributed by atoms with E-state index in [2.05, 4.69) is 45.2 Å². The number of benzene rings is 2. The molecule has 1 saturated heterocycles. The van der Waals surface area contributed by atoms with Gasteiger partial charge in [-0.15, -0.1) is 11.8 Å². The summed E-state index contributed by atoms with van der Waals surface area (Å²) in [6.45, 7) is 2.36. The summed E-state index contributed by atoms with van der Waals surface area (Å²) in [5.41, 5.74) is 4.62. The van der Waals surface area contributed by atoms with Crippen molar-refractivity contribution in [3.05, 3.63) is 64.5 Å². The maximum atomic E-state index is 6.15. The average Bonchev–Trinajstić information content (AvgIpc) is 3.18. The van der Waals surface area contributed by atoms with Crippen LogP contribution >= 0.6 is 23.4 Å². The van der Waals surface area contributed by atoms with E-state index in [1.54, 1.807) is 11.8 Å². The molecule has 0 spiro atoms. The molecule has 1 heterocycles. The number of nitrogens with one attached hydrogen (secondary N) is 2. The summed E-state index contributed by atoms with van der Waals surface area (Å²) in [6.07, 6.45) is 2.61. The molecule has 2 aromatic rings. The summed E-state index contributed by atoms with van der Waals surface area (Å²) in [4.78, 5) is 2.45. The van der Waals surface area contributed by atoms with Crippen molar-refractivity contribution in [2.24, 2.45) is 0 Å². The lowest BCUT2D eigenvalue weighted by molar-refractivity contribution is 0.949. The number of rotatable bonds is 7. The molecule has 0 unspecified atom stereocenters. The Morgan fingerprint density at radius 2 is 1.84 bits per heavy atom. The number of anilines is 2. The predicted molar refractivity (Wildman–Crippen MR) is 112 cm³/mol.